The number of benzene rings is 1. The van der Waals surface area contributed by atoms with Crippen LogP contribution in [0.3, 0.4) is 0 Å². The highest BCUT2D eigenvalue weighted by molar-refractivity contribution is 5.89. The summed E-state index contributed by atoms with van der Waals surface area (Å²) >= 11 is 0. The van der Waals surface area contributed by atoms with Gasteiger partial charge in [0.25, 0.3) is 0 Å². The molecule has 0 aliphatic carbocycles. The van der Waals surface area contributed by atoms with Gasteiger partial charge in [-0.15, -0.1) is 0 Å². The van der Waals surface area contributed by atoms with E-state index >= 15 is 0 Å². The summed E-state index contributed by atoms with van der Waals surface area (Å²) in [7, 11) is 0. The number of carbonyl (C=O) groups is 2. The lowest BCUT2D eigenvalue weighted by atomic mass is 10.2. The van der Waals surface area contributed by atoms with Crippen LogP contribution >= 0.6 is 0 Å². The molecule has 2 rings (SSSR count). The van der Waals surface area contributed by atoms with E-state index in [-0.39, 0.29) is 12.0 Å². The monoisotopic (exact) mass is 286 g/mol. The van der Waals surface area contributed by atoms with Crippen molar-refractivity contribution < 1.29 is 14.3 Å². The minimum Gasteiger partial charge on any atom is -0.447 e. The predicted octanol–water partition coefficient (Wildman–Crippen LogP) is 2.39. The zero-order chi connectivity index (χ0) is 15.1. The lowest BCUT2D eigenvalue weighted by Crippen LogP contribution is -2.24. The van der Waals surface area contributed by atoms with Gasteiger partial charge in [0.15, 0.2) is 0 Å². The van der Waals surface area contributed by atoms with Crippen molar-refractivity contribution in [2.45, 2.75) is 13.5 Å². The second-order valence-corrected chi connectivity index (χ2v) is 4.54. The Kier molecular flexibility index (Phi) is 5.15. The molecule has 0 radical (unpaired) electrons. The Hall–Kier alpha value is -2.56. The number of cyclic esters (lactones) is 1. The Morgan fingerprint density at radius 3 is 3.00 bits per heavy atom. The molecule has 0 aromatic heterocycles. The third kappa shape index (κ3) is 4.21. The van der Waals surface area contributed by atoms with Crippen LogP contribution in [-0.4, -0.2) is 25.2 Å². The van der Waals surface area contributed by atoms with Gasteiger partial charge in [0.2, 0.25) is 5.91 Å². The number of hydrogen-bond acceptors (Lipinski definition) is 3. The average molecular weight is 286 g/mol. The fourth-order valence-electron chi connectivity index (χ4n) is 1.96. The van der Waals surface area contributed by atoms with Crippen LogP contribution in [0.5, 0.6) is 0 Å². The highest BCUT2D eigenvalue weighted by Gasteiger charge is 2.23. The predicted molar refractivity (Wildman–Crippen MR) is 80.9 cm³/mol. The summed E-state index contributed by atoms with van der Waals surface area (Å²) in [6.07, 6.45) is 6.47. The smallest absolute Gasteiger partial charge is 0.414 e. The number of ether oxygens (including phenoxy) is 1. The molecule has 2 amide bonds. The van der Waals surface area contributed by atoms with Crippen molar-refractivity contribution in [3.8, 4) is 0 Å². The first-order valence-corrected chi connectivity index (χ1v) is 6.81. The number of hydrogen-bond donors (Lipinski definition) is 1. The van der Waals surface area contributed by atoms with Crippen molar-refractivity contribution in [3.05, 3.63) is 54.1 Å². The molecule has 21 heavy (non-hydrogen) atoms. The molecular formula is C16H18N2O3. The Morgan fingerprint density at radius 1 is 1.43 bits per heavy atom. The lowest BCUT2D eigenvalue weighted by Gasteiger charge is -2.13. The Labute approximate surface area is 123 Å². The van der Waals surface area contributed by atoms with Crippen LogP contribution in [-0.2, 0) is 16.1 Å². The molecule has 0 spiro atoms. The standard InChI is InChI=1S/C16H18N2O3/c1-2-3-4-8-15(19)17-12-13-6-5-7-14(11-13)18-9-10-21-16(18)20/h2-8,11H,9-10,12H2,1H3,(H,17,19). The molecule has 1 heterocycles. The van der Waals surface area contributed by atoms with E-state index in [0.29, 0.717) is 19.7 Å². The third-order valence-corrected chi connectivity index (χ3v) is 3.00. The highest BCUT2D eigenvalue weighted by atomic mass is 16.6. The van der Waals surface area contributed by atoms with Gasteiger partial charge in [-0.3, -0.25) is 9.69 Å². The van der Waals surface area contributed by atoms with E-state index in [1.54, 1.807) is 17.1 Å². The van der Waals surface area contributed by atoms with Gasteiger partial charge in [0, 0.05) is 18.3 Å². The zero-order valence-electron chi connectivity index (χ0n) is 11.9. The molecule has 0 unspecified atom stereocenters. The molecule has 0 atom stereocenters. The maximum absolute atomic E-state index is 11.6. The van der Waals surface area contributed by atoms with Gasteiger partial charge in [-0.1, -0.05) is 30.4 Å². The number of allylic oxidation sites excluding steroid dienone is 3. The van der Waals surface area contributed by atoms with Gasteiger partial charge in [-0.05, 0) is 24.6 Å². The van der Waals surface area contributed by atoms with Gasteiger partial charge in [-0.2, -0.15) is 0 Å². The highest BCUT2D eigenvalue weighted by Crippen LogP contribution is 2.19. The Balaban J connectivity index is 1.95. The topological polar surface area (TPSA) is 58.6 Å². The van der Waals surface area contributed by atoms with E-state index in [4.69, 9.17) is 4.74 Å². The second-order valence-electron chi connectivity index (χ2n) is 4.54. The van der Waals surface area contributed by atoms with Gasteiger partial charge in [0.1, 0.15) is 6.61 Å². The van der Waals surface area contributed by atoms with Crippen molar-refractivity contribution in [2.24, 2.45) is 0 Å². The molecule has 5 nitrogen and oxygen atoms in total. The molecule has 1 N–H and O–H groups in total. The number of carbonyl (C=O) groups excluding carboxylic acids is 2. The fourth-order valence-corrected chi connectivity index (χ4v) is 1.96. The number of nitrogens with zero attached hydrogens (tertiary/aromatic N) is 1. The third-order valence-electron chi connectivity index (χ3n) is 3.00. The first-order valence-electron chi connectivity index (χ1n) is 6.81. The quantitative estimate of drug-likeness (QED) is 0.668. The first kappa shape index (κ1) is 14.8. The summed E-state index contributed by atoms with van der Waals surface area (Å²) in [5, 5.41) is 2.79. The van der Waals surface area contributed by atoms with E-state index in [0.717, 1.165) is 11.3 Å². The number of nitrogens with one attached hydrogen (secondary N) is 1. The number of anilines is 1. The maximum atomic E-state index is 11.6. The summed E-state index contributed by atoms with van der Waals surface area (Å²) in [4.78, 5) is 24.7. The van der Waals surface area contributed by atoms with Crippen LogP contribution in [0.2, 0.25) is 0 Å². The molecule has 1 aromatic carbocycles. The van der Waals surface area contributed by atoms with E-state index in [9.17, 15) is 9.59 Å². The van der Waals surface area contributed by atoms with E-state index in [1.165, 1.54) is 6.08 Å². The molecule has 1 aromatic rings. The summed E-state index contributed by atoms with van der Waals surface area (Å²) in [5.41, 5.74) is 1.72. The molecule has 0 bridgehead atoms. The summed E-state index contributed by atoms with van der Waals surface area (Å²) in [6.45, 7) is 3.27. The minimum absolute atomic E-state index is 0.154. The maximum Gasteiger partial charge on any atom is 0.414 e. The molecule has 110 valence electrons. The van der Waals surface area contributed by atoms with Crippen LogP contribution < -0.4 is 10.2 Å². The molecular weight excluding hydrogens is 268 g/mol. The summed E-state index contributed by atoms with van der Waals surface area (Å²) in [6, 6.07) is 7.49. The van der Waals surface area contributed by atoms with Crippen molar-refractivity contribution >= 4 is 17.7 Å². The fraction of sp³-hybridized carbons (Fsp3) is 0.250. The first-order chi connectivity index (χ1) is 10.2. The second kappa shape index (κ2) is 7.28. The van der Waals surface area contributed by atoms with Crippen molar-refractivity contribution in [2.75, 3.05) is 18.1 Å². The Morgan fingerprint density at radius 2 is 2.29 bits per heavy atom. The molecule has 1 aliphatic heterocycles. The summed E-state index contributed by atoms with van der Waals surface area (Å²) < 4.78 is 4.91. The van der Waals surface area contributed by atoms with E-state index in [1.807, 2.05) is 37.3 Å². The minimum atomic E-state index is -0.328. The van der Waals surface area contributed by atoms with Crippen LogP contribution in [0.1, 0.15) is 12.5 Å². The Bertz CT molecular complexity index is 579. The SMILES string of the molecule is CC=CC=CC(=O)NCc1cccc(N2CCOC2=O)c1. The van der Waals surface area contributed by atoms with Gasteiger partial charge in [-0.25, -0.2) is 4.79 Å². The van der Waals surface area contributed by atoms with E-state index in [2.05, 4.69) is 5.32 Å². The van der Waals surface area contributed by atoms with Crippen LogP contribution in [0.15, 0.2) is 48.6 Å². The summed E-state index contributed by atoms with van der Waals surface area (Å²) in [5.74, 6) is -0.154. The van der Waals surface area contributed by atoms with Gasteiger partial charge >= 0.3 is 6.09 Å². The molecule has 1 aliphatic rings. The molecule has 0 saturated carbocycles. The van der Waals surface area contributed by atoms with Crippen molar-refractivity contribution in [1.82, 2.24) is 5.32 Å². The number of rotatable bonds is 5. The van der Waals surface area contributed by atoms with Crippen LogP contribution in [0.25, 0.3) is 0 Å². The van der Waals surface area contributed by atoms with Crippen molar-refractivity contribution in [1.29, 1.82) is 0 Å². The normalized spacial score (nSPS) is 14.9. The molecule has 5 heteroatoms. The molecule has 1 saturated heterocycles. The zero-order valence-corrected chi connectivity index (χ0v) is 11.9. The van der Waals surface area contributed by atoms with Crippen molar-refractivity contribution in [3.63, 3.8) is 0 Å². The average Bonchev–Trinajstić information content (AvgIpc) is 2.92. The lowest BCUT2D eigenvalue weighted by molar-refractivity contribution is -0.116. The van der Waals surface area contributed by atoms with E-state index < -0.39 is 0 Å². The molecule has 1 fully saturated rings. The largest absolute Gasteiger partial charge is 0.447 e. The van der Waals surface area contributed by atoms with Crippen LogP contribution in [0, 0.1) is 0 Å². The van der Waals surface area contributed by atoms with Gasteiger partial charge < -0.3 is 10.1 Å². The number of amides is 2. The van der Waals surface area contributed by atoms with Crippen LogP contribution in [0.4, 0.5) is 10.5 Å². The van der Waals surface area contributed by atoms with Gasteiger partial charge in [0.05, 0.1) is 6.54 Å².